The molecule has 0 aliphatic carbocycles. The Hall–Kier alpha value is -1.45. The molecule has 0 aliphatic heterocycles. The van der Waals surface area contributed by atoms with Crippen molar-refractivity contribution in [2.24, 2.45) is 5.73 Å². The van der Waals surface area contributed by atoms with Gasteiger partial charge in [-0.15, -0.1) is 0 Å². The first-order valence-electron chi connectivity index (χ1n) is 4.13. The minimum absolute atomic E-state index is 0.350. The highest BCUT2D eigenvalue weighted by atomic mass is 31.1. The van der Waals surface area contributed by atoms with Gasteiger partial charge in [-0.25, -0.2) is 4.79 Å². The molecule has 0 saturated heterocycles. The number of carboxylic acids is 1. The zero-order chi connectivity index (χ0) is 11.3. The second-order valence-corrected chi connectivity index (χ2v) is 3.90. The van der Waals surface area contributed by atoms with Crippen molar-refractivity contribution in [1.29, 1.82) is 0 Å². The van der Waals surface area contributed by atoms with Crippen molar-refractivity contribution in [3.63, 3.8) is 0 Å². The van der Waals surface area contributed by atoms with Gasteiger partial charge in [-0.1, -0.05) is 18.2 Å². The lowest BCUT2D eigenvalue weighted by Gasteiger charge is -2.16. The van der Waals surface area contributed by atoms with Gasteiger partial charge in [0.1, 0.15) is 12.4 Å². The van der Waals surface area contributed by atoms with Gasteiger partial charge in [0.25, 0.3) is 0 Å². The maximum absolute atomic E-state index is 10.7. The van der Waals surface area contributed by atoms with Gasteiger partial charge in [0.2, 0.25) is 5.28 Å². The standard InChI is InChI=1S/C9H10NO4P/c10-9(15-13,8(11)12)6-14-7-4-2-1-3-5-7/h1-5H,6,10H2,(H,11,12). The third-order valence-corrected chi connectivity index (χ3v) is 2.38. The average Bonchev–Trinajstić information content (AvgIpc) is 2.27. The van der Waals surface area contributed by atoms with E-state index >= 15 is 0 Å². The lowest BCUT2D eigenvalue weighted by molar-refractivity contribution is -0.140. The summed E-state index contributed by atoms with van der Waals surface area (Å²) in [6.45, 7) is -0.350. The third-order valence-electron chi connectivity index (χ3n) is 1.74. The normalized spacial score (nSPS) is 14.5. The average molecular weight is 227 g/mol. The molecule has 80 valence electrons. The predicted molar refractivity (Wildman–Crippen MR) is 54.1 cm³/mol. The second-order valence-electron chi connectivity index (χ2n) is 2.92. The molecule has 0 spiro atoms. The summed E-state index contributed by atoms with van der Waals surface area (Å²) >= 11 is 0. The van der Waals surface area contributed by atoms with Crippen LogP contribution in [0.2, 0.25) is 0 Å². The Morgan fingerprint density at radius 2 is 2.07 bits per heavy atom. The SMILES string of the molecule is NC(COc1ccccc1)(P=O)C(=O)O. The number of nitrogens with two attached hydrogens (primary N) is 1. The molecule has 0 aliphatic rings. The number of para-hydroxylation sites is 1. The van der Waals surface area contributed by atoms with Crippen LogP contribution in [0.1, 0.15) is 0 Å². The van der Waals surface area contributed by atoms with Crippen molar-refractivity contribution >= 4 is 14.4 Å². The molecule has 6 heteroatoms. The molecule has 1 atom stereocenters. The number of carboxylic acid groups (broad SMARTS) is 1. The topological polar surface area (TPSA) is 89.6 Å². The van der Waals surface area contributed by atoms with Gasteiger partial charge in [-0.3, -0.25) is 4.57 Å². The van der Waals surface area contributed by atoms with Gasteiger partial charge in [-0.05, 0) is 12.1 Å². The van der Waals surface area contributed by atoms with Crippen LogP contribution in [-0.4, -0.2) is 23.0 Å². The summed E-state index contributed by atoms with van der Waals surface area (Å²) in [5.74, 6) is -0.882. The van der Waals surface area contributed by atoms with Gasteiger partial charge < -0.3 is 15.6 Å². The molecule has 0 bridgehead atoms. The minimum atomic E-state index is -1.89. The molecule has 1 aromatic carbocycles. The van der Waals surface area contributed by atoms with Crippen LogP contribution in [-0.2, 0) is 9.36 Å². The molecule has 1 unspecified atom stereocenters. The van der Waals surface area contributed by atoms with Crippen LogP contribution in [0.3, 0.4) is 0 Å². The summed E-state index contributed by atoms with van der Waals surface area (Å²) in [5, 5.41) is 6.81. The highest BCUT2D eigenvalue weighted by molar-refractivity contribution is 7.27. The summed E-state index contributed by atoms with van der Waals surface area (Å²) < 4.78 is 15.7. The number of hydrogen-bond acceptors (Lipinski definition) is 4. The van der Waals surface area contributed by atoms with E-state index in [2.05, 4.69) is 0 Å². The molecule has 0 heterocycles. The van der Waals surface area contributed by atoms with Crippen molar-refractivity contribution in [2.75, 3.05) is 6.61 Å². The molecule has 0 fully saturated rings. The van der Waals surface area contributed by atoms with Gasteiger partial charge in [0.15, 0.2) is 8.46 Å². The number of aliphatic carboxylic acids is 1. The minimum Gasteiger partial charge on any atom is -0.490 e. The van der Waals surface area contributed by atoms with Crippen molar-refractivity contribution in [3.8, 4) is 5.75 Å². The van der Waals surface area contributed by atoms with Crippen LogP contribution in [0.15, 0.2) is 30.3 Å². The largest absolute Gasteiger partial charge is 0.490 e. The molecule has 0 radical (unpaired) electrons. The predicted octanol–water partition coefficient (Wildman–Crippen LogP) is 1.10. The highest BCUT2D eigenvalue weighted by Gasteiger charge is 2.36. The Morgan fingerprint density at radius 3 is 2.53 bits per heavy atom. The van der Waals surface area contributed by atoms with E-state index in [1.54, 1.807) is 30.3 Å². The van der Waals surface area contributed by atoms with E-state index in [4.69, 9.17) is 15.6 Å². The fraction of sp³-hybridized carbons (Fsp3) is 0.222. The molecule has 1 aromatic rings. The fourth-order valence-corrected chi connectivity index (χ4v) is 1.03. The third kappa shape index (κ3) is 3.01. The van der Waals surface area contributed by atoms with Crippen LogP contribution in [0, 0.1) is 0 Å². The molecule has 0 amide bonds. The number of ether oxygens (including phenoxy) is 1. The molecule has 1 rings (SSSR count). The number of benzene rings is 1. The van der Waals surface area contributed by atoms with E-state index in [1.165, 1.54) is 0 Å². The lowest BCUT2D eigenvalue weighted by Crippen LogP contribution is -2.47. The van der Waals surface area contributed by atoms with Crippen molar-refractivity contribution in [2.45, 2.75) is 5.28 Å². The van der Waals surface area contributed by atoms with Crippen LogP contribution >= 0.6 is 8.46 Å². The maximum Gasteiger partial charge on any atom is 0.339 e. The van der Waals surface area contributed by atoms with Gasteiger partial charge in [-0.2, -0.15) is 0 Å². The van der Waals surface area contributed by atoms with Crippen LogP contribution in [0.4, 0.5) is 0 Å². The molecule has 0 saturated carbocycles. The first kappa shape index (κ1) is 11.6. The lowest BCUT2D eigenvalue weighted by atomic mass is 10.3. The molecule has 0 aromatic heterocycles. The second kappa shape index (κ2) is 4.87. The Labute approximate surface area is 88.1 Å². The fourth-order valence-electron chi connectivity index (χ4n) is 0.837. The number of hydrogen-bond donors (Lipinski definition) is 2. The van der Waals surface area contributed by atoms with E-state index in [9.17, 15) is 9.36 Å². The Kier molecular flexibility index (Phi) is 3.77. The quantitative estimate of drug-likeness (QED) is 0.735. The van der Waals surface area contributed by atoms with Crippen molar-refractivity contribution in [3.05, 3.63) is 30.3 Å². The summed E-state index contributed by atoms with van der Waals surface area (Å²) in [6, 6.07) is 8.59. The van der Waals surface area contributed by atoms with Crippen LogP contribution in [0.5, 0.6) is 5.75 Å². The Bertz CT molecular complexity index is 356. The van der Waals surface area contributed by atoms with E-state index in [0.717, 1.165) is 0 Å². The maximum atomic E-state index is 10.7. The summed E-state index contributed by atoms with van der Waals surface area (Å²) in [6.07, 6.45) is 0. The molecular weight excluding hydrogens is 217 g/mol. The number of rotatable bonds is 5. The number of carbonyl (C=O) groups is 1. The smallest absolute Gasteiger partial charge is 0.339 e. The monoisotopic (exact) mass is 227 g/mol. The molecule has 15 heavy (non-hydrogen) atoms. The van der Waals surface area contributed by atoms with E-state index in [1.807, 2.05) is 0 Å². The summed E-state index contributed by atoms with van der Waals surface area (Å²) in [4.78, 5) is 10.7. The van der Waals surface area contributed by atoms with E-state index in [0.29, 0.717) is 5.75 Å². The summed E-state index contributed by atoms with van der Waals surface area (Å²) in [7, 11) is -0.680. The summed E-state index contributed by atoms with van der Waals surface area (Å²) in [5.41, 5.74) is 5.34. The molecule has 5 nitrogen and oxygen atoms in total. The van der Waals surface area contributed by atoms with Gasteiger partial charge in [0, 0.05) is 0 Å². The first-order chi connectivity index (χ1) is 7.08. The zero-order valence-corrected chi connectivity index (χ0v) is 8.68. The Balaban J connectivity index is 2.63. The zero-order valence-electron chi connectivity index (χ0n) is 7.79. The van der Waals surface area contributed by atoms with Crippen molar-refractivity contribution < 1.29 is 19.2 Å². The van der Waals surface area contributed by atoms with Crippen LogP contribution < -0.4 is 10.5 Å². The van der Waals surface area contributed by atoms with E-state index in [-0.39, 0.29) is 6.61 Å². The van der Waals surface area contributed by atoms with E-state index < -0.39 is 19.7 Å². The highest BCUT2D eigenvalue weighted by Crippen LogP contribution is 2.19. The van der Waals surface area contributed by atoms with Gasteiger partial charge >= 0.3 is 5.97 Å². The van der Waals surface area contributed by atoms with Crippen LogP contribution in [0.25, 0.3) is 0 Å². The molecular formula is C9H10NO4P. The molecule has 3 N–H and O–H groups in total. The van der Waals surface area contributed by atoms with Gasteiger partial charge in [0.05, 0.1) is 0 Å². The first-order valence-corrected chi connectivity index (χ1v) is 4.94. The van der Waals surface area contributed by atoms with Crippen molar-refractivity contribution in [1.82, 2.24) is 0 Å². The Morgan fingerprint density at radius 1 is 1.47 bits per heavy atom.